The number of nitrogens with zero attached hydrogens (tertiary/aromatic N) is 2. The number of halogens is 1. The van der Waals surface area contributed by atoms with E-state index in [0.717, 1.165) is 21.2 Å². The second-order valence-corrected chi connectivity index (χ2v) is 6.14. The van der Waals surface area contributed by atoms with E-state index < -0.39 is 5.97 Å². The SMILES string of the molecule is Cc1nc(C(=O)OCCc2cc3cc(Br)ccc3o2)ccc1C#N. The molecular weight excluding hydrogens is 372 g/mol. The zero-order chi connectivity index (χ0) is 17.1. The number of rotatable bonds is 4. The molecule has 24 heavy (non-hydrogen) atoms. The number of furan rings is 1. The van der Waals surface area contributed by atoms with Crippen molar-refractivity contribution < 1.29 is 13.9 Å². The van der Waals surface area contributed by atoms with Gasteiger partial charge >= 0.3 is 5.97 Å². The molecule has 120 valence electrons. The minimum Gasteiger partial charge on any atom is -0.461 e. The van der Waals surface area contributed by atoms with Crippen LogP contribution in [0.15, 0.2) is 45.3 Å². The molecule has 0 aliphatic heterocycles. The fraction of sp³-hybridized carbons (Fsp3) is 0.167. The quantitative estimate of drug-likeness (QED) is 0.630. The monoisotopic (exact) mass is 384 g/mol. The Kier molecular flexibility index (Phi) is 4.63. The van der Waals surface area contributed by atoms with Gasteiger partial charge < -0.3 is 9.15 Å². The molecule has 0 N–H and O–H groups in total. The van der Waals surface area contributed by atoms with E-state index in [9.17, 15) is 4.79 Å². The lowest BCUT2D eigenvalue weighted by molar-refractivity contribution is 0.0498. The summed E-state index contributed by atoms with van der Waals surface area (Å²) in [5, 5.41) is 9.87. The first-order valence-corrected chi connectivity index (χ1v) is 8.09. The van der Waals surface area contributed by atoms with E-state index in [1.807, 2.05) is 30.3 Å². The molecule has 2 heterocycles. The van der Waals surface area contributed by atoms with Crippen LogP contribution >= 0.6 is 15.9 Å². The van der Waals surface area contributed by atoms with Crippen LogP contribution in [-0.2, 0) is 11.2 Å². The van der Waals surface area contributed by atoms with Crippen molar-refractivity contribution in [3.8, 4) is 6.07 Å². The first-order chi connectivity index (χ1) is 11.6. The summed E-state index contributed by atoms with van der Waals surface area (Å²) in [6, 6.07) is 12.8. The number of carbonyl (C=O) groups is 1. The number of benzene rings is 1. The third kappa shape index (κ3) is 3.47. The molecule has 3 rings (SSSR count). The first-order valence-electron chi connectivity index (χ1n) is 7.29. The van der Waals surface area contributed by atoms with Crippen LogP contribution in [-0.4, -0.2) is 17.6 Å². The van der Waals surface area contributed by atoms with Crippen molar-refractivity contribution in [3.05, 3.63) is 63.6 Å². The number of carbonyl (C=O) groups excluding carboxylic acids is 1. The molecule has 0 saturated carbocycles. The Balaban J connectivity index is 1.62. The molecule has 0 unspecified atom stereocenters. The Morgan fingerprint density at radius 2 is 2.17 bits per heavy atom. The lowest BCUT2D eigenvalue weighted by Gasteiger charge is -2.04. The molecule has 0 saturated heterocycles. The first kappa shape index (κ1) is 16.2. The topological polar surface area (TPSA) is 76.1 Å². The molecule has 2 aromatic heterocycles. The van der Waals surface area contributed by atoms with Gasteiger partial charge in [-0.25, -0.2) is 9.78 Å². The molecule has 0 aliphatic rings. The maximum atomic E-state index is 12.0. The number of esters is 1. The molecule has 0 spiro atoms. The Bertz CT molecular complexity index is 957. The number of pyridine rings is 1. The number of ether oxygens (including phenoxy) is 1. The molecule has 0 amide bonds. The van der Waals surface area contributed by atoms with Gasteiger partial charge in [0.2, 0.25) is 0 Å². The van der Waals surface area contributed by atoms with Gasteiger partial charge in [0.25, 0.3) is 0 Å². The van der Waals surface area contributed by atoms with Crippen molar-refractivity contribution in [3.63, 3.8) is 0 Å². The smallest absolute Gasteiger partial charge is 0.356 e. The van der Waals surface area contributed by atoms with Gasteiger partial charge in [0.15, 0.2) is 0 Å². The molecular formula is C18H13BrN2O3. The maximum Gasteiger partial charge on any atom is 0.356 e. The number of fused-ring (bicyclic) bond motifs is 1. The summed E-state index contributed by atoms with van der Waals surface area (Å²) in [7, 11) is 0. The van der Waals surface area contributed by atoms with E-state index in [-0.39, 0.29) is 12.3 Å². The highest BCUT2D eigenvalue weighted by atomic mass is 79.9. The third-order valence-electron chi connectivity index (χ3n) is 3.53. The molecule has 0 fully saturated rings. The third-order valence-corrected chi connectivity index (χ3v) is 4.02. The number of hydrogen-bond donors (Lipinski definition) is 0. The van der Waals surface area contributed by atoms with E-state index in [1.165, 1.54) is 6.07 Å². The number of nitriles is 1. The summed E-state index contributed by atoms with van der Waals surface area (Å²) in [6.07, 6.45) is 0.479. The Hall–Kier alpha value is -2.65. The van der Waals surface area contributed by atoms with Crippen LogP contribution in [0.4, 0.5) is 0 Å². The summed E-state index contributed by atoms with van der Waals surface area (Å²) >= 11 is 3.42. The highest BCUT2D eigenvalue weighted by Crippen LogP contribution is 2.23. The van der Waals surface area contributed by atoms with Gasteiger partial charge in [-0.2, -0.15) is 5.26 Å². The average molecular weight is 385 g/mol. The van der Waals surface area contributed by atoms with Gasteiger partial charge in [-0.15, -0.1) is 0 Å². The molecule has 0 aliphatic carbocycles. The van der Waals surface area contributed by atoms with E-state index in [0.29, 0.717) is 17.7 Å². The van der Waals surface area contributed by atoms with Gasteiger partial charge in [-0.3, -0.25) is 0 Å². The molecule has 6 heteroatoms. The van der Waals surface area contributed by atoms with Gasteiger partial charge in [0.1, 0.15) is 23.1 Å². The highest BCUT2D eigenvalue weighted by Gasteiger charge is 2.12. The van der Waals surface area contributed by atoms with E-state index in [4.69, 9.17) is 14.4 Å². The van der Waals surface area contributed by atoms with Crippen molar-refractivity contribution in [2.45, 2.75) is 13.3 Å². The van der Waals surface area contributed by atoms with Crippen LogP contribution in [0.2, 0.25) is 0 Å². The summed E-state index contributed by atoms with van der Waals surface area (Å²) in [4.78, 5) is 16.1. The molecule has 0 atom stereocenters. The fourth-order valence-corrected chi connectivity index (χ4v) is 2.68. The molecule has 5 nitrogen and oxygen atoms in total. The van der Waals surface area contributed by atoms with Crippen molar-refractivity contribution in [2.75, 3.05) is 6.61 Å². The van der Waals surface area contributed by atoms with Crippen LogP contribution < -0.4 is 0 Å². The van der Waals surface area contributed by atoms with Gasteiger partial charge in [0.05, 0.1) is 17.9 Å². The van der Waals surface area contributed by atoms with Crippen LogP contribution in [0, 0.1) is 18.3 Å². The summed E-state index contributed by atoms with van der Waals surface area (Å²) in [6.45, 7) is 1.88. The number of hydrogen-bond acceptors (Lipinski definition) is 5. The van der Waals surface area contributed by atoms with E-state index in [1.54, 1.807) is 13.0 Å². The van der Waals surface area contributed by atoms with Crippen molar-refractivity contribution >= 4 is 32.9 Å². The molecule has 0 radical (unpaired) electrons. The van der Waals surface area contributed by atoms with Crippen molar-refractivity contribution in [1.29, 1.82) is 5.26 Å². The van der Waals surface area contributed by atoms with Crippen molar-refractivity contribution in [2.24, 2.45) is 0 Å². The Labute approximate surface area is 147 Å². The molecule has 0 bridgehead atoms. The van der Waals surface area contributed by atoms with Crippen LogP contribution in [0.5, 0.6) is 0 Å². The van der Waals surface area contributed by atoms with Crippen LogP contribution in [0.1, 0.15) is 27.5 Å². The maximum absolute atomic E-state index is 12.0. The summed E-state index contributed by atoms with van der Waals surface area (Å²) in [5.41, 5.74) is 1.94. The van der Waals surface area contributed by atoms with Crippen LogP contribution in [0.25, 0.3) is 11.0 Å². The number of aryl methyl sites for hydroxylation is 1. The average Bonchev–Trinajstić information content (AvgIpc) is 2.96. The summed E-state index contributed by atoms with van der Waals surface area (Å²) in [5.74, 6) is 0.237. The van der Waals surface area contributed by atoms with Crippen LogP contribution in [0.3, 0.4) is 0 Å². The number of aromatic nitrogens is 1. The molecule has 1 aromatic carbocycles. The standard InChI is InChI=1S/C18H13BrN2O3/c1-11-12(10-20)2-4-16(21-11)18(22)23-7-6-15-9-13-8-14(19)3-5-17(13)24-15/h2-5,8-9H,6-7H2,1H3. The normalized spacial score (nSPS) is 10.5. The molecule has 3 aromatic rings. The second-order valence-electron chi connectivity index (χ2n) is 5.22. The highest BCUT2D eigenvalue weighted by molar-refractivity contribution is 9.10. The summed E-state index contributed by atoms with van der Waals surface area (Å²) < 4.78 is 11.9. The largest absolute Gasteiger partial charge is 0.461 e. The Morgan fingerprint density at radius 1 is 1.33 bits per heavy atom. The second kappa shape index (κ2) is 6.85. The van der Waals surface area contributed by atoms with E-state index in [2.05, 4.69) is 20.9 Å². The zero-order valence-electron chi connectivity index (χ0n) is 12.9. The minimum absolute atomic E-state index is 0.194. The van der Waals surface area contributed by atoms with Crippen molar-refractivity contribution in [1.82, 2.24) is 4.98 Å². The van der Waals surface area contributed by atoms with E-state index >= 15 is 0 Å². The zero-order valence-corrected chi connectivity index (χ0v) is 14.5. The van der Waals surface area contributed by atoms with Gasteiger partial charge in [0, 0.05) is 16.3 Å². The lowest BCUT2D eigenvalue weighted by Crippen LogP contribution is -2.10. The van der Waals surface area contributed by atoms with Gasteiger partial charge in [-0.05, 0) is 43.3 Å². The predicted octanol–water partition coefficient (Wildman–Crippen LogP) is 4.17. The minimum atomic E-state index is -0.513. The Morgan fingerprint density at radius 3 is 2.92 bits per heavy atom. The fourth-order valence-electron chi connectivity index (χ4n) is 2.30. The predicted molar refractivity (Wildman–Crippen MR) is 91.6 cm³/mol. The van der Waals surface area contributed by atoms with Gasteiger partial charge in [-0.1, -0.05) is 15.9 Å². The lowest BCUT2D eigenvalue weighted by atomic mass is 10.2.